The molecule has 33 heavy (non-hydrogen) atoms. The Labute approximate surface area is 196 Å². The number of benzene rings is 1. The molecule has 1 unspecified atom stereocenters. The molecule has 174 valence electrons. The van der Waals surface area contributed by atoms with E-state index in [1.54, 1.807) is 26.0 Å². The van der Waals surface area contributed by atoms with Gasteiger partial charge in [0.25, 0.3) is 0 Å². The minimum Gasteiger partial charge on any atom is -0.478 e. The summed E-state index contributed by atoms with van der Waals surface area (Å²) in [5, 5.41) is 3.08. The van der Waals surface area contributed by atoms with E-state index in [1.165, 1.54) is 18.3 Å². The number of hydrogen-bond acceptors (Lipinski definition) is 6. The number of hydrogen-bond donors (Lipinski definition) is 1. The van der Waals surface area contributed by atoms with Crippen molar-refractivity contribution in [1.29, 1.82) is 0 Å². The molecule has 0 radical (unpaired) electrons. The molecule has 1 aliphatic heterocycles. The highest BCUT2D eigenvalue weighted by Gasteiger charge is 2.40. The van der Waals surface area contributed by atoms with Crippen molar-refractivity contribution in [2.24, 2.45) is 0 Å². The zero-order chi connectivity index (χ0) is 24.2. The second kappa shape index (κ2) is 10.1. The van der Waals surface area contributed by atoms with Gasteiger partial charge in [-0.3, -0.25) is 0 Å². The molecule has 0 fully saturated rings. The van der Waals surface area contributed by atoms with E-state index in [-0.39, 0.29) is 36.8 Å². The fourth-order valence-corrected chi connectivity index (χ4v) is 3.87. The van der Waals surface area contributed by atoms with Crippen LogP contribution in [-0.4, -0.2) is 37.1 Å². The van der Waals surface area contributed by atoms with Crippen LogP contribution < -0.4 is 14.8 Å². The molecule has 1 atom stereocenters. The van der Waals surface area contributed by atoms with Gasteiger partial charge in [0, 0.05) is 27.6 Å². The summed E-state index contributed by atoms with van der Waals surface area (Å²) in [6, 6.07) is 5.80. The van der Waals surface area contributed by atoms with E-state index in [9.17, 15) is 18.0 Å². The molecule has 1 N–H and O–H groups in total. The van der Waals surface area contributed by atoms with Crippen molar-refractivity contribution >= 4 is 27.6 Å². The van der Waals surface area contributed by atoms with Crippen LogP contribution in [0.2, 0.25) is 0 Å². The quantitative estimate of drug-likeness (QED) is 0.295. The number of carbonyl (C=O) groups excluding carboxylic acids is 1. The van der Waals surface area contributed by atoms with Gasteiger partial charge in [-0.2, -0.15) is 0 Å². The van der Waals surface area contributed by atoms with Gasteiger partial charge in [0.15, 0.2) is 6.61 Å². The number of nitrogens with zero attached hydrogens (tertiary/aromatic N) is 2. The Kier molecular flexibility index (Phi) is 7.48. The van der Waals surface area contributed by atoms with E-state index in [4.69, 9.17) is 16.0 Å². The van der Waals surface area contributed by atoms with Crippen LogP contribution in [0.3, 0.4) is 0 Å². The zero-order valence-electron chi connectivity index (χ0n) is 17.6. The summed E-state index contributed by atoms with van der Waals surface area (Å²) in [6.45, 7) is 10.3. The second-order valence-electron chi connectivity index (χ2n) is 6.85. The number of fused-ring (bicyclic) bond motifs is 1. The maximum Gasteiger partial charge on any atom is 0.573 e. The highest BCUT2D eigenvalue weighted by molar-refractivity contribution is 9.10. The van der Waals surface area contributed by atoms with Crippen LogP contribution in [0.4, 0.5) is 18.9 Å². The average Bonchev–Trinajstić information content (AvgIpc) is 2.72. The number of nitrogens with one attached hydrogen (secondary N) is 1. The predicted octanol–water partition coefficient (Wildman–Crippen LogP) is 5.44. The highest BCUT2D eigenvalue weighted by atomic mass is 79.9. The van der Waals surface area contributed by atoms with E-state index in [2.05, 4.69) is 35.8 Å². The number of rotatable bonds is 7. The van der Waals surface area contributed by atoms with E-state index in [0.717, 1.165) is 0 Å². The molecule has 0 amide bonds. The summed E-state index contributed by atoms with van der Waals surface area (Å²) >= 11 is 3.17. The molecule has 1 aliphatic rings. The normalized spacial score (nSPS) is 15.2. The monoisotopic (exact) mass is 525 g/mol. The standard InChI is InChI=1S/C22H19BrF3N3O4/c1-4-31-20-19-15(7-8-28-20)29-12(2)17(21(30)32-10-9-27-3)18(19)14-6-5-13(23)11-16(14)33-22(24,25)26/h5-8,11,18,29H,4,9-10H2,1-2H3. The van der Waals surface area contributed by atoms with Crippen molar-refractivity contribution in [2.75, 3.05) is 25.1 Å². The molecule has 11 heteroatoms. The number of aromatic nitrogens is 1. The Bertz CT molecular complexity index is 1130. The number of halogens is 4. The maximum atomic E-state index is 13.2. The molecule has 2 heterocycles. The minimum absolute atomic E-state index is 0.0424. The third-order valence-electron chi connectivity index (χ3n) is 4.71. The second-order valence-corrected chi connectivity index (χ2v) is 7.77. The SMILES string of the molecule is [C-]#[N+]CCOC(=O)C1=C(C)Nc2ccnc(OCC)c2C1c1ccc(Br)cc1OC(F)(F)F. The number of anilines is 1. The minimum atomic E-state index is -4.96. The van der Waals surface area contributed by atoms with Gasteiger partial charge in [-0.15, -0.1) is 13.2 Å². The summed E-state index contributed by atoms with van der Waals surface area (Å²) in [7, 11) is 0. The number of pyridine rings is 1. The lowest BCUT2D eigenvalue weighted by Gasteiger charge is -2.31. The average molecular weight is 526 g/mol. The van der Waals surface area contributed by atoms with Crippen molar-refractivity contribution in [3.8, 4) is 11.6 Å². The van der Waals surface area contributed by atoms with E-state index in [1.807, 2.05) is 0 Å². The summed E-state index contributed by atoms with van der Waals surface area (Å²) < 4.78 is 55.3. The molecule has 1 aromatic carbocycles. The summed E-state index contributed by atoms with van der Waals surface area (Å²) in [5.41, 5.74) is 1.42. The van der Waals surface area contributed by atoms with Gasteiger partial charge in [0.1, 0.15) is 5.75 Å². The lowest BCUT2D eigenvalue weighted by atomic mass is 9.80. The summed E-state index contributed by atoms with van der Waals surface area (Å²) in [5.74, 6) is -2.14. The Hall–Kier alpha value is -3.26. The predicted molar refractivity (Wildman–Crippen MR) is 117 cm³/mol. The Morgan fingerprint density at radius 3 is 2.76 bits per heavy atom. The molecule has 0 spiro atoms. The van der Waals surface area contributed by atoms with Crippen molar-refractivity contribution in [2.45, 2.75) is 26.1 Å². The van der Waals surface area contributed by atoms with Gasteiger partial charge >= 0.3 is 12.3 Å². The number of ether oxygens (including phenoxy) is 3. The fourth-order valence-electron chi connectivity index (χ4n) is 3.53. The number of allylic oxidation sites excluding steroid dienone is 1. The molecule has 0 bridgehead atoms. The first kappa shape index (κ1) is 24.4. The molecule has 0 saturated carbocycles. The van der Waals surface area contributed by atoms with Gasteiger partial charge in [-0.05, 0) is 32.0 Å². The van der Waals surface area contributed by atoms with Crippen LogP contribution in [0.5, 0.6) is 11.6 Å². The maximum absolute atomic E-state index is 13.2. The molecular formula is C22H19BrF3N3O4. The van der Waals surface area contributed by atoms with Gasteiger partial charge in [-0.1, -0.05) is 22.0 Å². The topological polar surface area (TPSA) is 74.0 Å². The van der Waals surface area contributed by atoms with E-state index >= 15 is 0 Å². The number of carbonyl (C=O) groups is 1. The first-order chi connectivity index (χ1) is 15.7. The van der Waals surface area contributed by atoms with Crippen LogP contribution in [0.15, 0.2) is 46.2 Å². The van der Waals surface area contributed by atoms with E-state index in [0.29, 0.717) is 21.4 Å². The molecular weight excluding hydrogens is 507 g/mol. The smallest absolute Gasteiger partial charge is 0.478 e. The zero-order valence-corrected chi connectivity index (χ0v) is 19.2. The van der Waals surface area contributed by atoms with Crippen LogP contribution in [0.1, 0.15) is 30.9 Å². The molecule has 0 aliphatic carbocycles. The molecule has 7 nitrogen and oxygen atoms in total. The lowest BCUT2D eigenvalue weighted by Crippen LogP contribution is -2.27. The van der Waals surface area contributed by atoms with Crippen LogP contribution >= 0.6 is 15.9 Å². The van der Waals surface area contributed by atoms with Crippen LogP contribution in [-0.2, 0) is 9.53 Å². The number of alkyl halides is 3. The van der Waals surface area contributed by atoms with Crippen molar-refractivity contribution in [3.63, 3.8) is 0 Å². The van der Waals surface area contributed by atoms with Crippen LogP contribution in [0.25, 0.3) is 4.85 Å². The first-order valence-electron chi connectivity index (χ1n) is 9.81. The van der Waals surface area contributed by atoms with Crippen LogP contribution in [0, 0.1) is 6.57 Å². The Morgan fingerprint density at radius 2 is 2.09 bits per heavy atom. The highest BCUT2D eigenvalue weighted by Crippen LogP contribution is 2.49. The van der Waals surface area contributed by atoms with Gasteiger partial charge < -0.3 is 24.4 Å². The number of esters is 1. The molecule has 1 aromatic heterocycles. The first-order valence-corrected chi connectivity index (χ1v) is 10.6. The molecule has 2 aromatic rings. The largest absolute Gasteiger partial charge is 0.573 e. The van der Waals surface area contributed by atoms with Gasteiger partial charge in [-0.25, -0.2) is 16.4 Å². The molecule has 3 rings (SSSR count). The third kappa shape index (κ3) is 5.57. The third-order valence-corrected chi connectivity index (χ3v) is 5.20. The lowest BCUT2D eigenvalue weighted by molar-refractivity contribution is -0.274. The molecule has 0 saturated heterocycles. The van der Waals surface area contributed by atoms with Gasteiger partial charge in [0.05, 0.1) is 23.7 Å². The summed E-state index contributed by atoms with van der Waals surface area (Å²) in [4.78, 5) is 20.4. The van der Waals surface area contributed by atoms with E-state index < -0.39 is 24.0 Å². The van der Waals surface area contributed by atoms with Crippen molar-refractivity contribution < 1.29 is 32.2 Å². The Balaban J connectivity index is 2.25. The Morgan fingerprint density at radius 1 is 1.33 bits per heavy atom. The van der Waals surface area contributed by atoms with Gasteiger partial charge in [0.2, 0.25) is 12.4 Å². The van der Waals surface area contributed by atoms with Crippen molar-refractivity contribution in [3.05, 3.63) is 68.7 Å². The summed E-state index contributed by atoms with van der Waals surface area (Å²) in [6.07, 6.45) is -3.47. The fraction of sp³-hybridized carbons (Fsp3) is 0.318. The van der Waals surface area contributed by atoms with Crippen molar-refractivity contribution in [1.82, 2.24) is 4.98 Å².